The maximum atomic E-state index is 14.4. The van der Waals surface area contributed by atoms with E-state index >= 15 is 0 Å². The normalized spacial score (nSPS) is 17.7. The summed E-state index contributed by atoms with van der Waals surface area (Å²) >= 11 is 0. The van der Waals surface area contributed by atoms with Crippen molar-refractivity contribution in [3.8, 4) is 34.2 Å². The second-order valence-corrected chi connectivity index (χ2v) is 11.8. The number of ether oxygens (including phenoxy) is 1. The maximum Gasteiger partial charge on any atom is 0.280 e. The van der Waals surface area contributed by atoms with Crippen molar-refractivity contribution in [1.29, 1.82) is 0 Å². The van der Waals surface area contributed by atoms with Gasteiger partial charge in [-0.15, -0.1) is 10.2 Å². The molecule has 1 aromatic carbocycles. The van der Waals surface area contributed by atoms with Gasteiger partial charge in [-0.3, -0.25) is 14.3 Å². The third kappa shape index (κ3) is 4.89. The van der Waals surface area contributed by atoms with Gasteiger partial charge in [0.25, 0.3) is 5.56 Å². The average Bonchev–Trinajstić information content (AvgIpc) is 3.59. The van der Waals surface area contributed by atoms with Gasteiger partial charge in [0, 0.05) is 49.0 Å². The molecule has 9 nitrogen and oxygen atoms in total. The molecule has 0 radical (unpaired) electrons. The monoisotopic (exact) mass is 567 g/mol. The van der Waals surface area contributed by atoms with Crippen LogP contribution < -0.4 is 10.3 Å². The highest BCUT2D eigenvalue weighted by Crippen LogP contribution is 2.43. The van der Waals surface area contributed by atoms with Crippen LogP contribution in [0.1, 0.15) is 49.8 Å². The molecule has 42 heavy (non-hydrogen) atoms. The van der Waals surface area contributed by atoms with E-state index in [4.69, 9.17) is 4.74 Å². The molecule has 4 aromatic heterocycles. The molecule has 1 aliphatic carbocycles. The Morgan fingerprint density at radius 2 is 1.98 bits per heavy atom. The molecule has 1 N–H and O–H groups in total. The van der Waals surface area contributed by atoms with Crippen LogP contribution in [0.4, 0.5) is 4.39 Å². The molecule has 1 saturated heterocycles. The summed E-state index contributed by atoms with van der Waals surface area (Å²) in [6.45, 7) is 5.26. The lowest BCUT2D eigenvalue weighted by Crippen LogP contribution is -2.33. The largest absolute Gasteiger partial charge is 0.481 e. The molecular weight excluding hydrogens is 533 g/mol. The number of fused-ring (bicyclic) bond motifs is 1. The zero-order valence-corrected chi connectivity index (χ0v) is 24.1. The minimum atomic E-state index is -0.379. The van der Waals surface area contributed by atoms with Gasteiger partial charge >= 0.3 is 0 Å². The molecule has 216 valence electrons. The van der Waals surface area contributed by atoms with Gasteiger partial charge in [0.05, 0.1) is 7.11 Å². The van der Waals surface area contributed by atoms with E-state index in [1.54, 1.807) is 34.7 Å². The summed E-state index contributed by atoms with van der Waals surface area (Å²) in [6, 6.07) is 10.4. The van der Waals surface area contributed by atoms with E-state index in [9.17, 15) is 9.18 Å². The van der Waals surface area contributed by atoms with Gasteiger partial charge in [-0.25, -0.2) is 4.39 Å². The zero-order valence-electron chi connectivity index (χ0n) is 24.1. The second kappa shape index (κ2) is 10.5. The Balaban J connectivity index is 1.35. The minimum Gasteiger partial charge on any atom is -0.481 e. The smallest absolute Gasteiger partial charge is 0.280 e. The molecule has 0 unspecified atom stereocenters. The van der Waals surface area contributed by atoms with Gasteiger partial charge in [0.1, 0.15) is 23.5 Å². The van der Waals surface area contributed by atoms with Crippen molar-refractivity contribution in [3.63, 3.8) is 0 Å². The number of nitrogens with one attached hydrogen (secondary N) is 1. The van der Waals surface area contributed by atoms with Gasteiger partial charge in [0.15, 0.2) is 5.82 Å². The fourth-order valence-electron chi connectivity index (χ4n) is 6.30. The van der Waals surface area contributed by atoms with Gasteiger partial charge in [0.2, 0.25) is 5.88 Å². The topological polar surface area (TPSA) is 93.9 Å². The van der Waals surface area contributed by atoms with Crippen molar-refractivity contribution >= 4 is 10.9 Å². The summed E-state index contributed by atoms with van der Waals surface area (Å²) in [7, 11) is 3.36. The Kier molecular flexibility index (Phi) is 6.65. The number of methoxy groups -OCH3 is 1. The third-order valence-corrected chi connectivity index (χ3v) is 8.53. The lowest BCUT2D eigenvalue weighted by Gasteiger charge is -2.30. The molecule has 1 aliphatic heterocycles. The molecule has 10 heteroatoms. The number of H-pyrrole nitrogens is 1. The van der Waals surface area contributed by atoms with Crippen molar-refractivity contribution in [1.82, 2.24) is 34.2 Å². The number of likely N-dealkylation sites (tertiary alicyclic amines) is 1. The zero-order chi connectivity index (χ0) is 29.0. The van der Waals surface area contributed by atoms with Gasteiger partial charge < -0.3 is 14.3 Å². The Morgan fingerprint density at radius 3 is 2.71 bits per heavy atom. The molecular formula is C32H34FN7O2. The van der Waals surface area contributed by atoms with E-state index in [0.29, 0.717) is 40.4 Å². The molecule has 5 aromatic rings. The number of rotatable bonds is 7. The minimum absolute atomic E-state index is 0.160. The van der Waals surface area contributed by atoms with E-state index in [0.717, 1.165) is 60.2 Å². The first-order valence-corrected chi connectivity index (χ1v) is 14.6. The number of piperidine rings is 1. The van der Waals surface area contributed by atoms with Crippen molar-refractivity contribution < 1.29 is 9.13 Å². The standard InChI is InChI=1S/C32H34FN7O2/c1-19-5-4-10-39(15-19)16-23-14-25-27(20-6-7-20)17-40(32(41)30(25)35-23)28-11-21(12-29(36-28)42-3)24-9-8-22(33)13-26(24)31-37-34-18-38(31)2/h8-9,11-14,17-20,35H,4-7,10,15-16H2,1-3H3/t19-/m0/s1. The van der Waals surface area contributed by atoms with Crippen molar-refractivity contribution in [2.24, 2.45) is 13.0 Å². The Hall–Kier alpha value is -4.31. The predicted molar refractivity (Wildman–Crippen MR) is 159 cm³/mol. The Bertz CT molecular complexity index is 1850. The van der Waals surface area contributed by atoms with Crippen LogP contribution in [0.2, 0.25) is 0 Å². The van der Waals surface area contributed by atoms with Crippen LogP contribution in [0, 0.1) is 11.7 Å². The molecule has 2 fully saturated rings. The average molecular weight is 568 g/mol. The van der Waals surface area contributed by atoms with E-state index in [1.165, 1.54) is 25.0 Å². The number of halogens is 1. The van der Waals surface area contributed by atoms with Crippen LogP contribution in [0.3, 0.4) is 0 Å². The molecule has 0 bridgehead atoms. The highest BCUT2D eigenvalue weighted by atomic mass is 19.1. The van der Waals surface area contributed by atoms with Crippen LogP contribution >= 0.6 is 0 Å². The number of aryl methyl sites for hydroxylation is 1. The van der Waals surface area contributed by atoms with E-state index in [1.807, 2.05) is 19.3 Å². The lowest BCUT2D eigenvalue weighted by molar-refractivity contribution is 0.175. The molecule has 0 spiro atoms. The highest BCUT2D eigenvalue weighted by molar-refractivity contribution is 5.85. The first kappa shape index (κ1) is 26.6. The Morgan fingerprint density at radius 1 is 1.12 bits per heavy atom. The van der Waals surface area contributed by atoms with Crippen LogP contribution in [-0.2, 0) is 13.6 Å². The van der Waals surface area contributed by atoms with Gasteiger partial charge in [-0.05, 0) is 85.0 Å². The molecule has 5 heterocycles. The second-order valence-electron chi connectivity index (χ2n) is 11.8. The number of aromatic amines is 1. The highest BCUT2D eigenvalue weighted by Gasteiger charge is 2.29. The van der Waals surface area contributed by atoms with Gasteiger partial charge in [-0.1, -0.05) is 13.0 Å². The number of pyridine rings is 2. The van der Waals surface area contributed by atoms with E-state index < -0.39 is 0 Å². The fraction of sp³-hybridized carbons (Fsp3) is 0.375. The van der Waals surface area contributed by atoms with Crippen LogP contribution in [0.15, 0.2) is 53.7 Å². The summed E-state index contributed by atoms with van der Waals surface area (Å²) in [4.78, 5) is 24.7. The number of aromatic nitrogens is 6. The summed E-state index contributed by atoms with van der Waals surface area (Å²) in [5.41, 5.74) is 4.70. The first-order valence-electron chi connectivity index (χ1n) is 14.6. The lowest BCUT2D eigenvalue weighted by atomic mass is 9.99. The molecule has 2 aliphatic rings. The van der Waals surface area contributed by atoms with Crippen molar-refractivity contribution in [3.05, 3.63) is 76.4 Å². The predicted octanol–water partition coefficient (Wildman–Crippen LogP) is 5.43. The van der Waals surface area contributed by atoms with Crippen LogP contribution in [-0.4, -0.2) is 54.4 Å². The summed E-state index contributed by atoms with van der Waals surface area (Å²) in [6.07, 6.45) is 8.21. The number of hydrogen-bond donors (Lipinski definition) is 1. The first-order chi connectivity index (χ1) is 20.4. The summed E-state index contributed by atoms with van der Waals surface area (Å²) < 4.78 is 23.4. The van der Waals surface area contributed by atoms with Gasteiger partial charge in [-0.2, -0.15) is 4.98 Å². The van der Waals surface area contributed by atoms with Crippen LogP contribution in [0.5, 0.6) is 5.88 Å². The van der Waals surface area contributed by atoms with Crippen molar-refractivity contribution in [2.45, 2.75) is 45.1 Å². The number of nitrogens with zero attached hydrogens (tertiary/aromatic N) is 6. The quantitative estimate of drug-likeness (QED) is 0.282. The number of benzene rings is 1. The van der Waals surface area contributed by atoms with E-state index in [2.05, 4.69) is 38.1 Å². The van der Waals surface area contributed by atoms with E-state index in [-0.39, 0.29) is 11.4 Å². The molecule has 1 saturated carbocycles. The fourth-order valence-corrected chi connectivity index (χ4v) is 6.30. The number of hydrogen-bond acceptors (Lipinski definition) is 6. The molecule has 0 amide bonds. The molecule has 7 rings (SSSR count). The maximum absolute atomic E-state index is 14.4. The summed E-state index contributed by atoms with van der Waals surface area (Å²) in [5, 5.41) is 9.19. The SMILES string of the molecule is COc1cc(-c2ccc(F)cc2-c2nncn2C)cc(-n2cc(C3CC3)c3cc(CN4CCC[C@H](C)C4)[nH]c3c2=O)n1. The molecule has 1 atom stereocenters. The van der Waals surface area contributed by atoms with Crippen LogP contribution in [0.25, 0.3) is 39.2 Å². The summed E-state index contributed by atoms with van der Waals surface area (Å²) in [5.74, 6) is 2.04. The Labute approximate surface area is 243 Å². The van der Waals surface area contributed by atoms with Crippen molar-refractivity contribution in [2.75, 3.05) is 20.2 Å². The third-order valence-electron chi connectivity index (χ3n) is 8.53.